The van der Waals surface area contributed by atoms with Crippen molar-refractivity contribution >= 4 is 29.8 Å². The number of hydrogen-bond donors (Lipinski definition) is 0. The van der Waals surface area contributed by atoms with Gasteiger partial charge in [0, 0.05) is 23.3 Å². The molecule has 0 aromatic heterocycles. The second-order valence-electron chi connectivity index (χ2n) is 5.06. The van der Waals surface area contributed by atoms with E-state index in [-0.39, 0.29) is 15.8 Å². The van der Waals surface area contributed by atoms with E-state index in [0.717, 1.165) is 19.3 Å². The quantitative estimate of drug-likeness (QED) is 0.781. The minimum absolute atomic E-state index is 0.0881. The summed E-state index contributed by atoms with van der Waals surface area (Å²) in [6.07, 6.45) is 3.27. The summed E-state index contributed by atoms with van der Waals surface area (Å²) in [7, 11) is -2.61. The Morgan fingerprint density at radius 1 is 1.14 bits per heavy atom. The molecule has 1 atom stereocenters. The van der Waals surface area contributed by atoms with Crippen molar-refractivity contribution in [2.24, 2.45) is 0 Å². The largest absolute Gasteiger partial charge is 0.262 e. The van der Waals surface area contributed by atoms with Crippen LogP contribution in [0.25, 0.3) is 0 Å². The van der Waals surface area contributed by atoms with Crippen LogP contribution in [0.1, 0.15) is 32.6 Å². The van der Waals surface area contributed by atoms with Crippen LogP contribution in [0, 0.1) is 0 Å². The molecule has 0 saturated carbocycles. The molecule has 21 heavy (non-hydrogen) atoms. The smallest absolute Gasteiger partial charge is 0.207 e. The highest BCUT2D eigenvalue weighted by atomic mass is 35.7. The number of sulfonamides is 1. The van der Waals surface area contributed by atoms with E-state index in [1.54, 1.807) is 0 Å². The molecule has 5 nitrogen and oxygen atoms in total. The van der Waals surface area contributed by atoms with Crippen LogP contribution in [0.4, 0.5) is 0 Å². The lowest BCUT2D eigenvalue weighted by atomic mass is 10.0. The van der Waals surface area contributed by atoms with Gasteiger partial charge in [0.1, 0.15) is 9.79 Å². The van der Waals surface area contributed by atoms with Gasteiger partial charge in [0.25, 0.3) is 9.05 Å². The molecule has 1 aromatic rings. The molecule has 1 heterocycles. The summed E-state index contributed by atoms with van der Waals surface area (Å²) in [4.78, 5) is -0.590. The lowest BCUT2D eigenvalue weighted by Crippen LogP contribution is -2.43. The summed E-state index contributed by atoms with van der Waals surface area (Å²) >= 11 is 0. The normalized spacial score (nSPS) is 21.3. The molecule has 0 aliphatic carbocycles. The summed E-state index contributed by atoms with van der Waals surface area (Å²) in [6, 6.07) is 5.40. The summed E-state index contributed by atoms with van der Waals surface area (Å²) in [6.45, 7) is 2.35. The fourth-order valence-electron chi connectivity index (χ4n) is 2.69. The van der Waals surface area contributed by atoms with Crippen LogP contribution in [0.2, 0.25) is 0 Å². The molecular formula is C13H18ClNO4S2. The van der Waals surface area contributed by atoms with E-state index in [1.807, 2.05) is 6.92 Å². The molecule has 0 bridgehead atoms. The molecule has 2 rings (SSSR count). The third-order valence-electron chi connectivity index (χ3n) is 3.74. The first-order valence-electron chi connectivity index (χ1n) is 6.84. The maximum absolute atomic E-state index is 12.8. The van der Waals surface area contributed by atoms with Gasteiger partial charge in [0.15, 0.2) is 0 Å². The van der Waals surface area contributed by atoms with Crippen LogP contribution in [-0.2, 0) is 19.1 Å². The van der Waals surface area contributed by atoms with Gasteiger partial charge in [-0.3, -0.25) is 0 Å². The highest BCUT2D eigenvalue weighted by Crippen LogP contribution is 2.31. The van der Waals surface area contributed by atoms with Crippen molar-refractivity contribution in [1.29, 1.82) is 0 Å². The molecule has 0 amide bonds. The zero-order valence-corrected chi connectivity index (χ0v) is 14.1. The van der Waals surface area contributed by atoms with E-state index in [9.17, 15) is 16.8 Å². The van der Waals surface area contributed by atoms with Gasteiger partial charge >= 0.3 is 0 Å². The Labute approximate surface area is 130 Å². The summed E-state index contributed by atoms with van der Waals surface area (Å²) in [5.74, 6) is 0. The van der Waals surface area contributed by atoms with Gasteiger partial charge < -0.3 is 0 Å². The predicted molar refractivity (Wildman–Crippen MR) is 81.3 cm³/mol. The standard InChI is InChI=1S/C13H18ClNO4S2/c1-2-11-7-5-6-10-15(11)21(18,19)13-9-4-3-8-12(13)20(14,16)17/h3-4,8-9,11H,2,5-7,10H2,1H3. The Hall–Kier alpha value is -0.630. The van der Waals surface area contributed by atoms with Gasteiger partial charge in [-0.05, 0) is 31.4 Å². The van der Waals surface area contributed by atoms with Crippen molar-refractivity contribution in [2.75, 3.05) is 6.54 Å². The first-order chi connectivity index (χ1) is 9.78. The number of halogens is 1. The number of nitrogens with zero attached hydrogens (tertiary/aromatic N) is 1. The second kappa shape index (κ2) is 6.24. The molecule has 0 radical (unpaired) electrons. The van der Waals surface area contributed by atoms with Gasteiger partial charge in [-0.1, -0.05) is 25.5 Å². The van der Waals surface area contributed by atoms with E-state index in [4.69, 9.17) is 10.7 Å². The minimum atomic E-state index is -4.11. The van der Waals surface area contributed by atoms with E-state index in [2.05, 4.69) is 0 Å². The number of benzene rings is 1. The van der Waals surface area contributed by atoms with Gasteiger partial charge in [-0.2, -0.15) is 4.31 Å². The molecular weight excluding hydrogens is 334 g/mol. The molecule has 1 aliphatic rings. The lowest BCUT2D eigenvalue weighted by Gasteiger charge is -2.34. The summed E-state index contributed by atoms with van der Waals surface area (Å²) in [5.41, 5.74) is 0. The predicted octanol–water partition coefficient (Wildman–Crippen LogP) is 2.57. The topological polar surface area (TPSA) is 71.5 Å². The molecule has 0 N–H and O–H groups in total. The Balaban J connectivity index is 2.55. The maximum atomic E-state index is 12.8. The average Bonchev–Trinajstić information content (AvgIpc) is 2.46. The van der Waals surface area contributed by atoms with Gasteiger partial charge in [-0.25, -0.2) is 16.8 Å². The minimum Gasteiger partial charge on any atom is -0.207 e. The first kappa shape index (κ1) is 16.7. The van der Waals surface area contributed by atoms with E-state index in [0.29, 0.717) is 13.0 Å². The molecule has 1 unspecified atom stereocenters. The molecule has 1 aromatic carbocycles. The summed E-state index contributed by atoms with van der Waals surface area (Å²) < 4.78 is 50.3. The first-order valence-corrected chi connectivity index (χ1v) is 10.6. The highest BCUT2D eigenvalue weighted by molar-refractivity contribution is 8.14. The van der Waals surface area contributed by atoms with Gasteiger partial charge in [0.2, 0.25) is 10.0 Å². The molecule has 1 aliphatic heterocycles. The number of hydrogen-bond acceptors (Lipinski definition) is 4. The second-order valence-corrected chi connectivity index (χ2v) is 9.45. The Kier molecular flexibility index (Phi) is 4.97. The van der Waals surface area contributed by atoms with Crippen LogP contribution in [0.3, 0.4) is 0 Å². The SMILES string of the molecule is CCC1CCCCN1S(=O)(=O)c1ccccc1S(=O)(=O)Cl. The van der Waals surface area contributed by atoms with Crippen molar-refractivity contribution in [3.05, 3.63) is 24.3 Å². The van der Waals surface area contributed by atoms with Crippen molar-refractivity contribution < 1.29 is 16.8 Å². The van der Waals surface area contributed by atoms with E-state index >= 15 is 0 Å². The monoisotopic (exact) mass is 351 g/mol. The van der Waals surface area contributed by atoms with E-state index < -0.39 is 19.1 Å². The van der Waals surface area contributed by atoms with Crippen LogP contribution in [0.5, 0.6) is 0 Å². The zero-order valence-electron chi connectivity index (χ0n) is 11.7. The number of piperidine rings is 1. The lowest BCUT2D eigenvalue weighted by molar-refractivity contribution is 0.246. The molecule has 118 valence electrons. The fourth-order valence-corrected chi connectivity index (χ4v) is 6.27. The van der Waals surface area contributed by atoms with Crippen LogP contribution in [0.15, 0.2) is 34.1 Å². The van der Waals surface area contributed by atoms with Gasteiger partial charge in [0.05, 0.1) is 0 Å². The third kappa shape index (κ3) is 3.41. The molecule has 0 spiro atoms. The van der Waals surface area contributed by atoms with Crippen LogP contribution in [-0.4, -0.2) is 33.7 Å². The van der Waals surface area contributed by atoms with Gasteiger partial charge in [-0.15, -0.1) is 0 Å². The zero-order chi connectivity index (χ0) is 15.7. The third-order valence-corrected chi connectivity index (χ3v) is 7.26. The number of rotatable bonds is 4. The molecule has 1 saturated heterocycles. The van der Waals surface area contributed by atoms with Crippen molar-refractivity contribution in [3.8, 4) is 0 Å². The Morgan fingerprint density at radius 3 is 2.33 bits per heavy atom. The Bertz CT molecular complexity index is 715. The molecule has 1 fully saturated rings. The van der Waals surface area contributed by atoms with Crippen LogP contribution < -0.4 is 0 Å². The Morgan fingerprint density at radius 2 is 1.76 bits per heavy atom. The van der Waals surface area contributed by atoms with Crippen molar-refractivity contribution in [3.63, 3.8) is 0 Å². The maximum Gasteiger partial charge on any atom is 0.262 e. The molecule has 8 heteroatoms. The van der Waals surface area contributed by atoms with Crippen LogP contribution >= 0.6 is 10.7 Å². The average molecular weight is 352 g/mol. The van der Waals surface area contributed by atoms with Crippen molar-refractivity contribution in [2.45, 2.75) is 48.4 Å². The summed E-state index contributed by atoms with van der Waals surface area (Å²) in [5, 5.41) is 0. The fraction of sp³-hybridized carbons (Fsp3) is 0.538. The van der Waals surface area contributed by atoms with Crippen molar-refractivity contribution in [1.82, 2.24) is 4.31 Å². The highest BCUT2D eigenvalue weighted by Gasteiger charge is 2.35. The van der Waals surface area contributed by atoms with E-state index in [1.165, 1.54) is 28.6 Å².